The molecule has 0 aliphatic rings. The fourth-order valence-electron chi connectivity index (χ4n) is 2.22. The zero-order valence-electron chi connectivity index (χ0n) is 14.3. The number of aryl methyl sites for hydroxylation is 1. The van der Waals surface area contributed by atoms with Crippen LogP contribution in [-0.4, -0.2) is 12.6 Å². The summed E-state index contributed by atoms with van der Waals surface area (Å²) in [5, 5.41) is 0. The van der Waals surface area contributed by atoms with Crippen LogP contribution in [0.4, 0.5) is 0 Å². The maximum Gasteiger partial charge on any atom is 0.311 e. The number of hydrogen-bond acceptors (Lipinski definition) is 3. The number of halogens is 1. The van der Waals surface area contributed by atoms with E-state index >= 15 is 0 Å². The maximum absolute atomic E-state index is 11.9. The van der Waals surface area contributed by atoms with Crippen molar-refractivity contribution in [2.24, 2.45) is 0 Å². The molecule has 2 aromatic rings. The second-order valence-corrected chi connectivity index (χ2v) is 6.94. The van der Waals surface area contributed by atoms with Gasteiger partial charge in [0.05, 0.1) is 11.1 Å². The van der Waals surface area contributed by atoms with Gasteiger partial charge in [-0.25, -0.2) is 0 Å². The standard InChI is InChI=1S/C20H23BrO3/c1-14(2)16-7-9-17(10-8-16)23-12-4-5-20(22)24-19-11-6-15(3)13-18(19)21/h6-11,13-14H,4-5,12H2,1-3H3. The maximum atomic E-state index is 11.9. The molecule has 0 bridgehead atoms. The van der Waals surface area contributed by atoms with Crippen molar-refractivity contribution in [3.63, 3.8) is 0 Å². The molecule has 0 heterocycles. The third-order valence-electron chi connectivity index (χ3n) is 3.65. The van der Waals surface area contributed by atoms with E-state index in [0.717, 1.165) is 15.8 Å². The average Bonchev–Trinajstić information content (AvgIpc) is 2.55. The Morgan fingerprint density at radius 1 is 1.12 bits per heavy atom. The van der Waals surface area contributed by atoms with Crippen LogP contribution in [-0.2, 0) is 4.79 Å². The Labute approximate surface area is 152 Å². The molecule has 0 fully saturated rings. The van der Waals surface area contributed by atoms with Crippen molar-refractivity contribution in [1.82, 2.24) is 0 Å². The smallest absolute Gasteiger partial charge is 0.311 e. The Morgan fingerprint density at radius 3 is 2.46 bits per heavy atom. The first-order valence-electron chi connectivity index (χ1n) is 8.15. The third-order valence-corrected chi connectivity index (χ3v) is 4.27. The highest BCUT2D eigenvalue weighted by molar-refractivity contribution is 9.10. The number of esters is 1. The summed E-state index contributed by atoms with van der Waals surface area (Å²) in [4.78, 5) is 11.9. The van der Waals surface area contributed by atoms with E-state index in [2.05, 4.69) is 41.9 Å². The van der Waals surface area contributed by atoms with E-state index < -0.39 is 0 Å². The molecule has 128 valence electrons. The van der Waals surface area contributed by atoms with Gasteiger partial charge in [0.25, 0.3) is 0 Å². The summed E-state index contributed by atoms with van der Waals surface area (Å²) in [5.74, 6) is 1.64. The highest BCUT2D eigenvalue weighted by Gasteiger charge is 2.08. The van der Waals surface area contributed by atoms with Gasteiger partial charge in [0.2, 0.25) is 0 Å². The minimum Gasteiger partial charge on any atom is -0.494 e. The van der Waals surface area contributed by atoms with E-state index in [0.29, 0.717) is 31.1 Å². The van der Waals surface area contributed by atoms with Crippen LogP contribution in [0.2, 0.25) is 0 Å². The van der Waals surface area contributed by atoms with Gasteiger partial charge in [-0.2, -0.15) is 0 Å². The van der Waals surface area contributed by atoms with Gasteiger partial charge < -0.3 is 9.47 Å². The monoisotopic (exact) mass is 390 g/mol. The van der Waals surface area contributed by atoms with Crippen molar-refractivity contribution >= 4 is 21.9 Å². The van der Waals surface area contributed by atoms with E-state index in [9.17, 15) is 4.79 Å². The molecule has 0 unspecified atom stereocenters. The topological polar surface area (TPSA) is 35.5 Å². The van der Waals surface area contributed by atoms with Crippen molar-refractivity contribution in [2.45, 2.75) is 39.5 Å². The largest absolute Gasteiger partial charge is 0.494 e. The molecule has 2 aromatic carbocycles. The first-order chi connectivity index (χ1) is 11.5. The van der Waals surface area contributed by atoms with Crippen molar-refractivity contribution in [3.8, 4) is 11.5 Å². The molecule has 0 amide bonds. The number of rotatable bonds is 7. The molecule has 0 aromatic heterocycles. The van der Waals surface area contributed by atoms with Gasteiger partial charge in [-0.05, 0) is 70.6 Å². The molecular weight excluding hydrogens is 368 g/mol. The van der Waals surface area contributed by atoms with Crippen molar-refractivity contribution < 1.29 is 14.3 Å². The van der Waals surface area contributed by atoms with Crippen LogP contribution in [0.15, 0.2) is 46.9 Å². The number of benzene rings is 2. The number of carbonyl (C=O) groups excluding carboxylic acids is 1. The zero-order chi connectivity index (χ0) is 17.5. The quantitative estimate of drug-likeness (QED) is 0.348. The van der Waals surface area contributed by atoms with Crippen LogP contribution in [0, 0.1) is 6.92 Å². The number of hydrogen-bond donors (Lipinski definition) is 0. The van der Waals surface area contributed by atoms with E-state index in [1.807, 2.05) is 31.2 Å². The van der Waals surface area contributed by atoms with Gasteiger partial charge >= 0.3 is 5.97 Å². The molecule has 0 aliphatic heterocycles. The molecule has 3 nitrogen and oxygen atoms in total. The van der Waals surface area contributed by atoms with Crippen molar-refractivity contribution in [3.05, 3.63) is 58.1 Å². The van der Waals surface area contributed by atoms with Crippen LogP contribution in [0.3, 0.4) is 0 Å². The molecule has 0 atom stereocenters. The van der Waals surface area contributed by atoms with Gasteiger partial charge in [-0.15, -0.1) is 0 Å². The van der Waals surface area contributed by atoms with Gasteiger partial charge in [0.15, 0.2) is 0 Å². The Morgan fingerprint density at radius 2 is 1.83 bits per heavy atom. The Balaban J connectivity index is 1.72. The fourth-order valence-corrected chi connectivity index (χ4v) is 2.79. The Bertz CT molecular complexity index is 678. The fraction of sp³-hybridized carbons (Fsp3) is 0.350. The molecule has 0 aliphatic carbocycles. The van der Waals surface area contributed by atoms with Crippen LogP contribution >= 0.6 is 15.9 Å². The zero-order valence-corrected chi connectivity index (χ0v) is 15.9. The number of carbonyl (C=O) groups is 1. The van der Waals surface area contributed by atoms with E-state index in [-0.39, 0.29) is 5.97 Å². The molecule has 0 saturated carbocycles. The number of ether oxygens (including phenoxy) is 2. The Kier molecular flexibility index (Phi) is 6.85. The van der Waals surface area contributed by atoms with E-state index in [1.54, 1.807) is 6.07 Å². The SMILES string of the molecule is Cc1ccc(OC(=O)CCCOc2ccc(C(C)C)cc2)c(Br)c1. The van der Waals surface area contributed by atoms with Gasteiger partial charge in [0.1, 0.15) is 11.5 Å². The summed E-state index contributed by atoms with van der Waals surface area (Å²) in [6.45, 7) is 6.80. The lowest BCUT2D eigenvalue weighted by molar-refractivity contribution is -0.134. The molecule has 2 rings (SSSR count). The lowest BCUT2D eigenvalue weighted by Gasteiger charge is -2.09. The van der Waals surface area contributed by atoms with Crippen LogP contribution in [0.25, 0.3) is 0 Å². The summed E-state index contributed by atoms with van der Waals surface area (Å²) < 4.78 is 11.8. The molecular formula is C20H23BrO3. The normalized spacial score (nSPS) is 10.7. The van der Waals surface area contributed by atoms with Crippen LogP contribution < -0.4 is 9.47 Å². The predicted molar refractivity (Wildman–Crippen MR) is 99.8 cm³/mol. The molecule has 0 N–H and O–H groups in total. The first kappa shape index (κ1) is 18.5. The predicted octanol–water partition coefficient (Wildman–Crippen LogP) is 5.65. The third kappa shape index (κ3) is 5.68. The minimum absolute atomic E-state index is 0.252. The molecule has 24 heavy (non-hydrogen) atoms. The first-order valence-corrected chi connectivity index (χ1v) is 8.94. The summed E-state index contributed by atoms with van der Waals surface area (Å²) in [5.41, 5.74) is 2.40. The minimum atomic E-state index is -0.252. The van der Waals surface area contributed by atoms with E-state index in [4.69, 9.17) is 9.47 Å². The summed E-state index contributed by atoms with van der Waals surface area (Å²) in [6, 6.07) is 13.7. The lowest BCUT2D eigenvalue weighted by atomic mass is 10.0. The molecule has 4 heteroatoms. The Hall–Kier alpha value is -1.81. The van der Waals surface area contributed by atoms with Crippen molar-refractivity contribution in [1.29, 1.82) is 0 Å². The second-order valence-electron chi connectivity index (χ2n) is 6.08. The van der Waals surface area contributed by atoms with Gasteiger partial charge in [0, 0.05) is 6.42 Å². The van der Waals surface area contributed by atoms with Crippen LogP contribution in [0.5, 0.6) is 11.5 Å². The molecule has 0 spiro atoms. The highest BCUT2D eigenvalue weighted by atomic mass is 79.9. The van der Waals surface area contributed by atoms with Crippen molar-refractivity contribution in [2.75, 3.05) is 6.61 Å². The van der Waals surface area contributed by atoms with E-state index in [1.165, 1.54) is 5.56 Å². The average molecular weight is 391 g/mol. The summed E-state index contributed by atoms with van der Waals surface area (Å²) in [7, 11) is 0. The lowest BCUT2D eigenvalue weighted by Crippen LogP contribution is -2.10. The summed E-state index contributed by atoms with van der Waals surface area (Å²) >= 11 is 3.40. The van der Waals surface area contributed by atoms with Crippen LogP contribution in [0.1, 0.15) is 43.7 Å². The van der Waals surface area contributed by atoms with Gasteiger partial charge in [-0.3, -0.25) is 4.79 Å². The van der Waals surface area contributed by atoms with Gasteiger partial charge in [-0.1, -0.05) is 32.0 Å². The molecule has 0 radical (unpaired) electrons. The second kappa shape index (κ2) is 8.88. The molecule has 0 saturated heterocycles. The highest BCUT2D eigenvalue weighted by Crippen LogP contribution is 2.26. The summed E-state index contributed by atoms with van der Waals surface area (Å²) in [6.07, 6.45) is 0.943.